The number of para-hydroxylation sites is 1. The molecule has 1 fully saturated rings. The maximum Gasteiger partial charge on any atom is 0.253 e. The molecule has 0 saturated heterocycles. The Labute approximate surface area is 195 Å². The summed E-state index contributed by atoms with van der Waals surface area (Å²) in [6, 6.07) is 13.6. The Hall–Kier alpha value is -3.28. The van der Waals surface area contributed by atoms with Gasteiger partial charge in [0.05, 0.1) is 22.3 Å². The molecule has 2 amide bonds. The fraction of sp³-hybridized carbons (Fsp3) is 0.407. The van der Waals surface area contributed by atoms with E-state index in [-0.39, 0.29) is 29.8 Å². The number of nitrogens with one attached hydrogen (secondary N) is 2. The molecule has 3 aromatic rings. The van der Waals surface area contributed by atoms with Gasteiger partial charge in [-0.1, -0.05) is 32.0 Å². The van der Waals surface area contributed by atoms with Crippen molar-refractivity contribution >= 4 is 22.7 Å². The van der Waals surface area contributed by atoms with Gasteiger partial charge >= 0.3 is 0 Å². The lowest BCUT2D eigenvalue weighted by Gasteiger charge is -2.30. The molecule has 0 atom stereocenters. The number of hydrogen-bond donors (Lipinski definition) is 2. The van der Waals surface area contributed by atoms with Crippen molar-refractivity contribution in [3.63, 3.8) is 0 Å². The van der Waals surface area contributed by atoms with Crippen LogP contribution in [0.15, 0.2) is 42.5 Å². The molecule has 6 nitrogen and oxygen atoms in total. The van der Waals surface area contributed by atoms with E-state index in [1.807, 2.05) is 56.3 Å². The molecule has 0 aliphatic heterocycles. The summed E-state index contributed by atoms with van der Waals surface area (Å²) >= 11 is 0. The van der Waals surface area contributed by atoms with Crippen LogP contribution in [0.3, 0.4) is 0 Å². The summed E-state index contributed by atoms with van der Waals surface area (Å²) in [5.41, 5.74) is 4.66. The van der Waals surface area contributed by atoms with Gasteiger partial charge in [0.15, 0.2) is 0 Å². The van der Waals surface area contributed by atoms with E-state index < -0.39 is 0 Å². The Kier molecular flexibility index (Phi) is 6.72. The minimum Gasteiger partial charge on any atom is -0.349 e. The van der Waals surface area contributed by atoms with Crippen LogP contribution in [0.2, 0.25) is 0 Å². The van der Waals surface area contributed by atoms with Gasteiger partial charge in [-0.2, -0.15) is 0 Å². The van der Waals surface area contributed by atoms with Crippen molar-refractivity contribution in [1.82, 2.24) is 20.6 Å². The molecular formula is C27H32N4O2. The number of benzene rings is 1. The summed E-state index contributed by atoms with van der Waals surface area (Å²) < 4.78 is 0. The maximum atomic E-state index is 13.0. The number of carbonyl (C=O) groups is 2. The normalized spacial score (nSPS) is 18.3. The van der Waals surface area contributed by atoms with E-state index in [1.165, 1.54) is 0 Å². The van der Waals surface area contributed by atoms with Crippen LogP contribution in [-0.2, 0) is 0 Å². The lowest BCUT2D eigenvalue weighted by atomic mass is 9.90. The number of pyridine rings is 2. The van der Waals surface area contributed by atoms with Crippen molar-refractivity contribution in [2.45, 2.75) is 71.4 Å². The molecule has 33 heavy (non-hydrogen) atoms. The monoisotopic (exact) mass is 444 g/mol. The molecule has 1 aliphatic carbocycles. The zero-order valence-corrected chi connectivity index (χ0v) is 19.8. The molecule has 1 aliphatic rings. The van der Waals surface area contributed by atoms with Crippen LogP contribution < -0.4 is 10.6 Å². The summed E-state index contributed by atoms with van der Waals surface area (Å²) in [5, 5.41) is 7.33. The minimum atomic E-state index is -0.0847. The van der Waals surface area contributed by atoms with Gasteiger partial charge in [0, 0.05) is 28.9 Å². The van der Waals surface area contributed by atoms with Crippen LogP contribution in [0.1, 0.15) is 83.2 Å². The van der Waals surface area contributed by atoms with Gasteiger partial charge in [-0.25, -0.2) is 0 Å². The van der Waals surface area contributed by atoms with E-state index in [1.54, 1.807) is 0 Å². The third kappa shape index (κ3) is 5.21. The second-order valence-corrected chi connectivity index (χ2v) is 9.37. The maximum absolute atomic E-state index is 13.0. The molecule has 6 heteroatoms. The van der Waals surface area contributed by atoms with Gasteiger partial charge in [0.1, 0.15) is 0 Å². The minimum absolute atomic E-state index is 0.0594. The average Bonchev–Trinajstić information content (AvgIpc) is 2.79. The van der Waals surface area contributed by atoms with Crippen molar-refractivity contribution in [2.75, 3.05) is 0 Å². The van der Waals surface area contributed by atoms with Crippen LogP contribution in [-0.4, -0.2) is 33.9 Å². The molecule has 2 N–H and O–H groups in total. The van der Waals surface area contributed by atoms with E-state index in [0.717, 1.165) is 53.7 Å². The molecule has 2 heterocycles. The van der Waals surface area contributed by atoms with Crippen LogP contribution >= 0.6 is 0 Å². The van der Waals surface area contributed by atoms with Crippen molar-refractivity contribution in [3.05, 3.63) is 70.7 Å². The number of aromatic nitrogens is 2. The highest BCUT2D eigenvalue weighted by Gasteiger charge is 2.26. The van der Waals surface area contributed by atoms with E-state index in [4.69, 9.17) is 0 Å². The summed E-state index contributed by atoms with van der Waals surface area (Å²) in [4.78, 5) is 35.0. The average molecular weight is 445 g/mol. The van der Waals surface area contributed by atoms with Crippen molar-refractivity contribution < 1.29 is 9.59 Å². The summed E-state index contributed by atoms with van der Waals surface area (Å²) in [7, 11) is 0. The topological polar surface area (TPSA) is 84.0 Å². The van der Waals surface area contributed by atoms with Crippen molar-refractivity contribution in [1.29, 1.82) is 0 Å². The molecule has 4 rings (SSSR count). The number of rotatable bonds is 5. The fourth-order valence-corrected chi connectivity index (χ4v) is 4.55. The molecule has 0 spiro atoms. The quantitative estimate of drug-likeness (QED) is 0.590. The van der Waals surface area contributed by atoms with E-state index in [9.17, 15) is 9.59 Å². The Balaban J connectivity index is 1.36. The van der Waals surface area contributed by atoms with Crippen molar-refractivity contribution in [2.24, 2.45) is 0 Å². The lowest BCUT2D eigenvalue weighted by Crippen LogP contribution is -2.44. The first-order chi connectivity index (χ1) is 15.8. The second-order valence-electron chi connectivity index (χ2n) is 9.37. The van der Waals surface area contributed by atoms with E-state index >= 15 is 0 Å². The zero-order valence-electron chi connectivity index (χ0n) is 19.8. The van der Waals surface area contributed by atoms with Gasteiger partial charge in [-0.15, -0.1) is 0 Å². The molecular weight excluding hydrogens is 412 g/mol. The SMILES string of the molecule is Cc1ccc(C(=O)NC2CCC(NC(=O)c3cccc4ccc(C)nc34)CC2)c(C(C)C)n1. The molecule has 2 aromatic heterocycles. The van der Waals surface area contributed by atoms with Gasteiger partial charge in [0.2, 0.25) is 0 Å². The molecule has 1 aromatic carbocycles. The summed E-state index contributed by atoms with van der Waals surface area (Å²) in [6.07, 6.45) is 3.33. The fourth-order valence-electron chi connectivity index (χ4n) is 4.55. The van der Waals surface area contributed by atoms with Crippen LogP contribution in [0.25, 0.3) is 10.9 Å². The smallest absolute Gasteiger partial charge is 0.253 e. The van der Waals surface area contributed by atoms with Gasteiger partial charge < -0.3 is 10.6 Å². The molecule has 1 saturated carbocycles. The number of carbonyl (C=O) groups excluding carboxylic acids is 2. The van der Waals surface area contributed by atoms with Crippen LogP contribution in [0, 0.1) is 13.8 Å². The predicted octanol–water partition coefficient (Wildman–Crippen LogP) is 4.84. The third-order valence-corrected chi connectivity index (χ3v) is 6.36. The third-order valence-electron chi connectivity index (χ3n) is 6.36. The standard InChI is InChI=1S/C27H32N4O2/c1-16(2)24-23(15-9-18(4)28-24)27(33)31-21-13-11-20(12-14-21)30-26(32)22-7-5-6-19-10-8-17(3)29-25(19)22/h5-10,15-16,20-21H,11-14H2,1-4H3,(H,30,32)(H,31,33). The van der Waals surface area contributed by atoms with Crippen molar-refractivity contribution in [3.8, 4) is 0 Å². The van der Waals surface area contributed by atoms with Gasteiger partial charge in [0.25, 0.3) is 11.8 Å². The second kappa shape index (κ2) is 9.69. The molecule has 0 radical (unpaired) electrons. The number of hydrogen-bond acceptors (Lipinski definition) is 4. The first-order valence-electron chi connectivity index (χ1n) is 11.8. The van der Waals surface area contributed by atoms with Crippen LogP contribution in [0.4, 0.5) is 0 Å². The number of aryl methyl sites for hydroxylation is 2. The summed E-state index contributed by atoms with van der Waals surface area (Å²) in [5.74, 6) is 0.0401. The first-order valence-corrected chi connectivity index (χ1v) is 11.8. The van der Waals surface area contributed by atoms with E-state index in [0.29, 0.717) is 11.1 Å². The molecule has 0 unspecified atom stereocenters. The number of amides is 2. The van der Waals surface area contributed by atoms with Gasteiger partial charge in [-0.3, -0.25) is 19.6 Å². The Bertz CT molecular complexity index is 1180. The van der Waals surface area contributed by atoms with Gasteiger partial charge in [-0.05, 0) is 69.7 Å². The Morgan fingerprint density at radius 3 is 2.00 bits per heavy atom. The zero-order chi connectivity index (χ0) is 23.5. The largest absolute Gasteiger partial charge is 0.349 e. The van der Waals surface area contributed by atoms with E-state index in [2.05, 4.69) is 34.4 Å². The highest BCUT2D eigenvalue weighted by Crippen LogP contribution is 2.23. The Morgan fingerprint density at radius 1 is 0.788 bits per heavy atom. The lowest BCUT2D eigenvalue weighted by molar-refractivity contribution is 0.0891. The van der Waals surface area contributed by atoms with Crippen LogP contribution in [0.5, 0.6) is 0 Å². The highest BCUT2D eigenvalue weighted by atomic mass is 16.2. The number of nitrogens with zero attached hydrogens (tertiary/aromatic N) is 2. The summed E-state index contributed by atoms with van der Waals surface area (Å²) in [6.45, 7) is 7.98. The number of fused-ring (bicyclic) bond motifs is 1. The highest BCUT2D eigenvalue weighted by molar-refractivity contribution is 6.05. The Morgan fingerprint density at radius 2 is 1.36 bits per heavy atom. The first kappa shape index (κ1) is 22.9. The predicted molar refractivity (Wildman–Crippen MR) is 131 cm³/mol. The molecule has 172 valence electrons. The molecule has 0 bridgehead atoms.